The highest BCUT2D eigenvalue weighted by atomic mass is 32.2. The molecule has 0 aliphatic carbocycles. The van der Waals surface area contributed by atoms with Gasteiger partial charge in [-0.25, -0.2) is 8.42 Å². The third-order valence-corrected chi connectivity index (χ3v) is 7.97. The highest BCUT2D eigenvalue weighted by molar-refractivity contribution is 7.89. The smallest absolute Gasteiger partial charge is 0.243 e. The quantitative estimate of drug-likeness (QED) is 0.723. The first-order valence-electron chi connectivity index (χ1n) is 10.4. The SMILES string of the molecule is COc1ccc(S(=O)(=O)N2CCN([C@@H](C)C(=O)N3C[C@H](C)C[C@H](C)C3)CC2)cc1. The number of carbonyl (C=O) groups is 1. The van der Waals surface area contributed by atoms with Gasteiger partial charge in [0, 0.05) is 39.3 Å². The standard InChI is InChI=1S/C21H33N3O4S/c1-16-13-17(2)15-23(14-16)21(25)18(3)22-9-11-24(12-10-22)29(26,27)20-7-5-19(28-4)6-8-20/h5-8,16-18H,9-15H2,1-4H3/t16-,17+,18-/m0/s1. The summed E-state index contributed by atoms with van der Waals surface area (Å²) in [5.41, 5.74) is 0. The minimum atomic E-state index is -3.54. The number of nitrogens with zero attached hydrogens (tertiary/aromatic N) is 3. The number of hydrogen-bond acceptors (Lipinski definition) is 5. The van der Waals surface area contributed by atoms with Crippen LogP contribution in [0.25, 0.3) is 0 Å². The van der Waals surface area contributed by atoms with Crippen molar-refractivity contribution in [3.05, 3.63) is 24.3 Å². The van der Waals surface area contributed by atoms with Gasteiger partial charge in [0.2, 0.25) is 15.9 Å². The molecule has 29 heavy (non-hydrogen) atoms. The fraction of sp³-hybridized carbons (Fsp3) is 0.667. The third kappa shape index (κ3) is 4.92. The van der Waals surface area contributed by atoms with E-state index >= 15 is 0 Å². The molecule has 3 rings (SSSR count). The van der Waals surface area contributed by atoms with Crippen molar-refractivity contribution in [3.8, 4) is 5.75 Å². The lowest BCUT2D eigenvalue weighted by atomic mass is 9.91. The molecule has 2 heterocycles. The minimum Gasteiger partial charge on any atom is -0.497 e. The zero-order chi connectivity index (χ0) is 21.2. The molecule has 1 amide bonds. The van der Waals surface area contributed by atoms with Gasteiger partial charge in [0.1, 0.15) is 5.75 Å². The van der Waals surface area contributed by atoms with Gasteiger partial charge < -0.3 is 9.64 Å². The Hall–Kier alpha value is -1.64. The third-order valence-electron chi connectivity index (χ3n) is 6.06. The molecule has 1 aromatic carbocycles. The lowest BCUT2D eigenvalue weighted by Gasteiger charge is -2.41. The van der Waals surface area contributed by atoms with Crippen LogP contribution in [0.3, 0.4) is 0 Å². The Kier molecular flexibility index (Phi) is 6.86. The maximum atomic E-state index is 13.0. The molecule has 162 valence electrons. The van der Waals surface area contributed by atoms with E-state index < -0.39 is 10.0 Å². The Morgan fingerprint density at radius 1 is 1.03 bits per heavy atom. The molecule has 2 saturated heterocycles. The lowest BCUT2D eigenvalue weighted by Crippen LogP contribution is -2.56. The second-order valence-electron chi connectivity index (χ2n) is 8.48. The van der Waals surface area contributed by atoms with Crippen molar-refractivity contribution in [1.82, 2.24) is 14.1 Å². The van der Waals surface area contributed by atoms with Gasteiger partial charge in [-0.15, -0.1) is 0 Å². The van der Waals surface area contributed by atoms with Crippen LogP contribution in [-0.2, 0) is 14.8 Å². The van der Waals surface area contributed by atoms with Crippen molar-refractivity contribution >= 4 is 15.9 Å². The normalized spacial score (nSPS) is 25.6. The van der Waals surface area contributed by atoms with Gasteiger partial charge in [-0.05, 0) is 49.4 Å². The molecule has 0 bridgehead atoms. The first-order valence-corrected chi connectivity index (χ1v) is 11.8. The van der Waals surface area contributed by atoms with E-state index in [0.717, 1.165) is 13.1 Å². The van der Waals surface area contributed by atoms with Gasteiger partial charge >= 0.3 is 0 Å². The van der Waals surface area contributed by atoms with Gasteiger partial charge in [-0.2, -0.15) is 4.31 Å². The average molecular weight is 424 g/mol. The fourth-order valence-corrected chi connectivity index (χ4v) is 5.91. The predicted molar refractivity (Wildman–Crippen MR) is 112 cm³/mol. The molecular formula is C21H33N3O4S. The van der Waals surface area contributed by atoms with Gasteiger partial charge in [-0.1, -0.05) is 13.8 Å². The average Bonchev–Trinajstić information content (AvgIpc) is 2.72. The van der Waals surface area contributed by atoms with Crippen LogP contribution in [0.15, 0.2) is 29.2 Å². The van der Waals surface area contributed by atoms with Crippen LogP contribution in [0.5, 0.6) is 5.75 Å². The van der Waals surface area contributed by atoms with E-state index in [1.54, 1.807) is 31.4 Å². The molecule has 0 spiro atoms. The number of likely N-dealkylation sites (tertiary alicyclic amines) is 1. The van der Waals surface area contributed by atoms with Crippen LogP contribution in [0.1, 0.15) is 27.2 Å². The van der Waals surface area contributed by atoms with Gasteiger partial charge in [0.05, 0.1) is 18.0 Å². The van der Waals surface area contributed by atoms with Gasteiger partial charge in [0.15, 0.2) is 0 Å². The van der Waals surface area contributed by atoms with E-state index in [1.165, 1.54) is 10.7 Å². The number of ether oxygens (including phenoxy) is 1. The van der Waals surface area contributed by atoms with Gasteiger partial charge in [0.25, 0.3) is 0 Å². The van der Waals surface area contributed by atoms with Gasteiger partial charge in [-0.3, -0.25) is 9.69 Å². The van der Waals surface area contributed by atoms with Crippen molar-refractivity contribution in [1.29, 1.82) is 0 Å². The summed E-state index contributed by atoms with van der Waals surface area (Å²) in [5.74, 6) is 1.85. The van der Waals surface area contributed by atoms with E-state index in [1.807, 2.05) is 11.8 Å². The van der Waals surface area contributed by atoms with E-state index in [4.69, 9.17) is 4.74 Å². The van der Waals surface area contributed by atoms with Crippen molar-refractivity contribution < 1.29 is 17.9 Å². The van der Waals surface area contributed by atoms with Crippen molar-refractivity contribution in [3.63, 3.8) is 0 Å². The van der Waals surface area contributed by atoms with Crippen molar-refractivity contribution in [2.75, 3.05) is 46.4 Å². The monoisotopic (exact) mass is 423 g/mol. The summed E-state index contributed by atoms with van der Waals surface area (Å²) in [6.45, 7) is 9.87. The molecule has 3 atom stereocenters. The number of benzene rings is 1. The van der Waals surface area contributed by atoms with Crippen molar-refractivity contribution in [2.24, 2.45) is 11.8 Å². The molecule has 2 fully saturated rings. The number of hydrogen-bond donors (Lipinski definition) is 0. The van der Waals surface area contributed by atoms with Crippen LogP contribution in [-0.4, -0.2) is 80.9 Å². The predicted octanol–water partition coefficient (Wildman–Crippen LogP) is 1.89. The lowest BCUT2D eigenvalue weighted by molar-refractivity contribution is -0.139. The fourth-order valence-electron chi connectivity index (χ4n) is 4.49. The molecule has 0 unspecified atom stereocenters. The first-order chi connectivity index (χ1) is 13.7. The van der Waals surface area contributed by atoms with E-state index in [2.05, 4.69) is 18.7 Å². The molecule has 2 aliphatic rings. The molecule has 0 radical (unpaired) electrons. The highest BCUT2D eigenvalue weighted by Gasteiger charge is 2.34. The summed E-state index contributed by atoms with van der Waals surface area (Å²) in [4.78, 5) is 17.4. The number of piperazine rings is 1. The Balaban J connectivity index is 1.59. The van der Waals surface area contributed by atoms with E-state index in [9.17, 15) is 13.2 Å². The second kappa shape index (κ2) is 9.02. The summed E-state index contributed by atoms with van der Waals surface area (Å²) in [7, 11) is -1.98. The van der Waals surface area contributed by atoms with E-state index in [-0.39, 0.29) is 16.8 Å². The Morgan fingerprint density at radius 3 is 2.10 bits per heavy atom. The van der Waals surface area contributed by atoms with Crippen LogP contribution in [0.2, 0.25) is 0 Å². The topological polar surface area (TPSA) is 70.2 Å². The van der Waals surface area contributed by atoms with Crippen molar-refractivity contribution in [2.45, 2.75) is 38.1 Å². The number of piperidine rings is 1. The Bertz CT molecular complexity index is 794. The zero-order valence-electron chi connectivity index (χ0n) is 17.9. The molecule has 2 aliphatic heterocycles. The molecular weight excluding hydrogens is 390 g/mol. The summed E-state index contributed by atoms with van der Waals surface area (Å²) >= 11 is 0. The Morgan fingerprint density at radius 2 is 1.59 bits per heavy atom. The maximum Gasteiger partial charge on any atom is 0.243 e. The van der Waals surface area contributed by atoms with Crippen LogP contribution in [0, 0.1) is 11.8 Å². The summed E-state index contributed by atoms with van der Waals surface area (Å²) in [6.07, 6.45) is 1.17. The number of sulfonamides is 1. The largest absolute Gasteiger partial charge is 0.497 e. The molecule has 8 heteroatoms. The summed E-state index contributed by atoms with van der Waals surface area (Å²) < 4.78 is 32.4. The van der Waals surface area contributed by atoms with E-state index in [0.29, 0.717) is 43.8 Å². The molecule has 1 aromatic rings. The highest BCUT2D eigenvalue weighted by Crippen LogP contribution is 2.24. The number of rotatable bonds is 5. The van der Waals surface area contributed by atoms with Crippen LogP contribution >= 0.6 is 0 Å². The van der Waals surface area contributed by atoms with Crippen LogP contribution < -0.4 is 4.74 Å². The van der Waals surface area contributed by atoms with Crippen LogP contribution in [0.4, 0.5) is 0 Å². The first kappa shape index (κ1) is 22.1. The molecule has 0 saturated carbocycles. The number of carbonyl (C=O) groups excluding carboxylic acids is 1. The Labute approximate surface area is 174 Å². The summed E-state index contributed by atoms with van der Waals surface area (Å²) in [5, 5.41) is 0. The molecule has 7 nitrogen and oxygen atoms in total. The number of amides is 1. The zero-order valence-corrected chi connectivity index (χ0v) is 18.7. The maximum absolute atomic E-state index is 13.0. The summed E-state index contributed by atoms with van der Waals surface area (Å²) in [6, 6.07) is 6.24. The second-order valence-corrected chi connectivity index (χ2v) is 10.4. The minimum absolute atomic E-state index is 0.162. The molecule has 0 N–H and O–H groups in total. The molecule has 0 aromatic heterocycles. The number of methoxy groups -OCH3 is 1.